The number of benzene rings is 2. The summed E-state index contributed by atoms with van der Waals surface area (Å²) in [5, 5.41) is 10.1. The van der Waals surface area contributed by atoms with Crippen molar-refractivity contribution in [1.29, 1.82) is 0 Å². The zero-order valence-electron chi connectivity index (χ0n) is 13.0. The summed E-state index contributed by atoms with van der Waals surface area (Å²) in [5.74, 6) is 0.151. The van der Waals surface area contributed by atoms with Crippen LogP contribution in [-0.4, -0.2) is 29.3 Å². The van der Waals surface area contributed by atoms with Crippen LogP contribution in [-0.2, 0) is 4.79 Å². The summed E-state index contributed by atoms with van der Waals surface area (Å²) in [6, 6.07) is 11.8. The van der Waals surface area contributed by atoms with E-state index in [1.807, 2.05) is 19.1 Å². The number of aliphatic imine (C=N–C) groups is 1. The maximum absolute atomic E-state index is 12.6. The summed E-state index contributed by atoms with van der Waals surface area (Å²) >= 11 is 6.17. The van der Waals surface area contributed by atoms with E-state index in [0.717, 1.165) is 16.8 Å². The molecule has 4 nitrogen and oxygen atoms in total. The van der Waals surface area contributed by atoms with Crippen LogP contribution in [0.2, 0.25) is 5.02 Å². The molecular weight excluding hydrogens is 312 g/mol. The molecule has 0 spiro atoms. The number of carbonyl (C=O) groups is 1. The van der Waals surface area contributed by atoms with Gasteiger partial charge in [0, 0.05) is 22.7 Å². The molecule has 0 radical (unpaired) electrons. The summed E-state index contributed by atoms with van der Waals surface area (Å²) in [6.07, 6.45) is 0. The molecule has 118 valence electrons. The number of hydrogen-bond acceptors (Lipinski definition) is 3. The largest absolute Gasteiger partial charge is 0.508 e. The third-order valence-corrected chi connectivity index (χ3v) is 4.14. The number of halogens is 1. The zero-order chi connectivity index (χ0) is 16.6. The van der Waals surface area contributed by atoms with Crippen LogP contribution in [0.15, 0.2) is 47.5 Å². The summed E-state index contributed by atoms with van der Waals surface area (Å²) in [7, 11) is 0. The van der Waals surface area contributed by atoms with Gasteiger partial charge in [-0.15, -0.1) is 0 Å². The van der Waals surface area contributed by atoms with E-state index in [-0.39, 0.29) is 11.7 Å². The molecule has 0 bridgehead atoms. The summed E-state index contributed by atoms with van der Waals surface area (Å²) in [6.45, 7) is 4.30. The highest BCUT2D eigenvalue weighted by atomic mass is 35.5. The van der Waals surface area contributed by atoms with Crippen molar-refractivity contribution in [2.75, 3.05) is 11.4 Å². The lowest BCUT2D eigenvalue weighted by Gasteiger charge is -2.22. The van der Waals surface area contributed by atoms with Gasteiger partial charge in [-0.05, 0) is 56.3 Å². The number of benzodiazepines with no additional fused rings is 1. The summed E-state index contributed by atoms with van der Waals surface area (Å²) < 4.78 is 0. The van der Waals surface area contributed by atoms with E-state index in [0.29, 0.717) is 17.3 Å². The predicted molar refractivity (Wildman–Crippen MR) is 92.7 cm³/mol. The Morgan fingerprint density at radius 2 is 1.91 bits per heavy atom. The Hall–Kier alpha value is -2.33. The van der Waals surface area contributed by atoms with Crippen LogP contribution in [0.4, 0.5) is 5.69 Å². The molecule has 1 amide bonds. The molecule has 0 aromatic heterocycles. The van der Waals surface area contributed by atoms with Crippen LogP contribution in [0.5, 0.6) is 5.75 Å². The van der Waals surface area contributed by atoms with Crippen LogP contribution < -0.4 is 4.90 Å². The molecule has 5 heteroatoms. The van der Waals surface area contributed by atoms with Crippen LogP contribution >= 0.6 is 11.6 Å². The van der Waals surface area contributed by atoms with Gasteiger partial charge in [0.1, 0.15) is 11.8 Å². The van der Waals surface area contributed by atoms with Crippen molar-refractivity contribution >= 4 is 28.9 Å². The van der Waals surface area contributed by atoms with Gasteiger partial charge in [0.2, 0.25) is 0 Å². The molecule has 2 aromatic rings. The van der Waals surface area contributed by atoms with E-state index < -0.39 is 6.04 Å². The van der Waals surface area contributed by atoms with E-state index >= 15 is 0 Å². The normalized spacial score (nSPS) is 17.5. The van der Waals surface area contributed by atoms with E-state index in [4.69, 9.17) is 11.6 Å². The molecule has 1 aliphatic rings. The van der Waals surface area contributed by atoms with Gasteiger partial charge in [0.15, 0.2) is 0 Å². The first-order valence-corrected chi connectivity index (χ1v) is 7.87. The van der Waals surface area contributed by atoms with Crippen molar-refractivity contribution in [2.24, 2.45) is 4.99 Å². The number of amides is 1. The minimum Gasteiger partial charge on any atom is -0.508 e. The van der Waals surface area contributed by atoms with Crippen molar-refractivity contribution in [3.8, 4) is 5.75 Å². The first-order valence-electron chi connectivity index (χ1n) is 7.49. The number of phenolic OH excluding ortho intramolecular Hbond substituents is 1. The highest BCUT2D eigenvalue weighted by molar-refractivity contribution is 6.32. The van der Waals surface area contributed by atoms with Gasteiger partial charge in [-0.1, -0.05) is 11.6 Å². The van der Waals surface area contributed by atoms with E-state index in [1.165, 1.54) is 0 Å². The molecule has 0 aliphatic carbocycles. The van der Waals surface area contributed by atoms with Gasteiger partial charge < -0.3 is 10.0 Å². The van der Waals surface area contributed by atoms with Gasteiger partial charge in [-0.3, -0.25) is 9.79 Å². The Balaban J connectivity index is 2.25. The quantitative estimate of drug-likeness (QED) is 0.915. The number of anilines is 1. The smallest absolute Gasteiger partial charge is 0.251 e. The number of nitrogens with zero attached hydrogens (tertiary/aromatic N) is 2. The highest BCUT2D eigenvalue weighted by Gasteiger charge is 2.28. The summed E-state index contributed by atoms with van der Waals surface area (Å²) in [5.41, 5.74) is 3.17. The van der Waals surface area contributed by atoms with Crippen molar-refractivity contribution in [3.63, 3.8) is 0 Å². The molecule has 1 atom stereocenters. The number of aromatic hydroxyl groups is 1. The number of phenols is 1. The molecule has 1 aliphatic heterocycles. The molecule has 1 unspecified atom stereocenters. The van der Waals surface area contributed by atoms with Crippen molar-refractivity contribution in [3.05, 3.63) is 58.6 Å². The Bertz CT molecular complexity index is 784. The molecule has 0 saturated carbocycles. The summed E-state index contributed by atoms with van der Waals surface area (Å²) in [4.78, 5) is 19.0. The Labute approximate surface area is 140 Å². The van der Waals surface area contributed by atoms with Crippen molar-refractivity contribution in [2.45, 2.75) is 19.9 Å². The molecule has 3 rings (SSSR count). The third kappa shape index (κ3) is 2.82. The maximum atomic E-state index is 12.6. The van der Waals surface area contributed by atoms with Gasteiger partial charge in [-0.25, -0.2) is 0 Å². The number of hydrogen-bond donors (Lipinski definition) is 1. The fourth-order valence-electron chi connectivity index (χ4n) is 2.77. The van der Waals surface area contributed by atoms with Crippen LogP contribution in [0.25, 0.3) is 0 Å². The lowest BCUT2D eigenvalue weighted by molar-refractivity contribution is -0.119. The van der Waals surface area contributed by atoms with E-state index in [2.05, 4.69) is 4.99 Å². The minimum atomic E-state index is -0.482. The van der Waals surface area contributed by atoms with Gasteiger partial charge >= 0.3 is 0 Å². The van der Waals surface area contributed by atoms with E-state index in [9.17, 15) is 9.90 Å². The number of fused-ring (bicyclic) bond motifs is 1. The lowest BCUT2D eigenvalue weighted by Crippen LogP contribution is -2.36. The average molecular weight is 329 g/mol. The number of likely N-dealkylation sites (N-methyl/N-ethyl adjacent to an activating group) is 1. The number of carbonyl (C=O) groups excluding carboxylic acids is 1. The Morgan fingerprint density at radius 1 is 1.22 bits per heavy atom. The topological polar surface area (TPSA) is 52.9 Å². The highest BCUT2D eigenvalue weighted by Crippen LogP contribution is 2.31. The maximum Gasteiger partial charge on any atom is 0.251 e. The van der Waals surface area contributed by atoms with Crippen molar-refractivity contribution in [1.82, 2.24) is 0 Å². The monoisotopic (exact) mass is 328 g/mol. The second-order valence-corrected chi connectivity index (χ2v) is 5.88. The second-order valence-electron chi connectivity index (χ2n) is 5.44. The lowest BCUT2D eigenvalue weighted by atomic mass is 10.00. The first-order chi connectivity index (χ1) is 11.0. The molecule has 0 saturated heterocycles. The fraction of sp³-hybridized carbons (Fsp3) is 0.222. The second kappa shape index (κ2) is 6.05. The molecule has 1 N–H and O–H groups in total. The SMILES string of the molecule is CCN1C(=O)C(C)N=C(c2ccc(O)cc2)c2cc(Cl)ccc21. The fourth-order valence-corrected chi connectivity index (χ4v) is 2.94. The van der Waals surface area contributed by atoms with Crippen LogP contribution in [0, 0.1) is 0 Å². The minimum absolute atomic E-state index is 0.0372. The predicted octanol–water partition coefficient (Wildman–Crippen LogP) is 3.64. The Morgan fingerprint density at radius 3 is 2.57 bits per heavy atom. The molecule has 23 heavy (non-hydrogen) atoms. The van der Waals surface area contributed by atoms with Crippen LogP contribution in [0.1, 0.15) is 25.0 Å². The molecule has 1 heterocycles. The van der Waals surface area contributed by atoms with Gasteiger partial charge in [0.25, 0.3) is 5.91 Å². The van der Waals surface area contributed by atoms with Crippen LogP contribution in [0.3, 0.4) is 0 Å². The van der Waals surface area contributed by atoms with Gasteiger partial charge in [0.05, 0.1) is 11.4 Å². The first kappa shape index (κ1) is 15.6. The average Bonchev–Trinajstić information content (AvgIpc) is 2.64. The molecular formula is C18H17ClN2O2. The Kier molecular flexibility index (Phi) is 4.09. The number of rotatable bonds is 2. The standard InChI is InChI=1S/C18H17ClN2O2/c1-3-21-16-9-6-13(19)10-15(16)17(20-11(2)18(21)23)12-4-7-14(22)8-5-12/h4-11,22H,3H2,1-2H3. The zero-order valence-corrected chi connectivity index (χ0v) is 13.7. The molecule has 0 fully saturated rings. The van der Waals surface area contributed by atoms with Gasteiger partial charge in [-0.2, -0.15) is 0 Å². The molecule has 2 aromatic carbocycles. The van der Waals surface area contributed by atoms with Crippen molar-refractivity contribution < 1.29 is 9.90 Å². The third-order valence-electron chi connectivity index (χ3n) is 3.91. The van der Waals surface area contributed by atoms with E-state index in [1.54, 1.807) is 42.2 Å².